The van der Waals surface area contributed by atoms with Gasteiger partial charge in [-0.1, -0.05) is 23.7 Å². The summed E-state index contributed by atoms with van der Waals surface area (Å²) < 4.78 is 15.9. The van der Waals surface area contributed by atoms with Gasteiger partial charge in [0.25, 0.3) is 11.8 Å². The van der Waals surface area contributed by atoms with Crippen LogP contribution in [0.4, 0.5) is 0 Å². The van der Waals surface area contributed by atoms with Crippen LogP contribution in [-0.4, -0.2) is 21.2 Å². The Morgan fingerprint density at radius 2 is 2.15 bits per heavy atom. The van der Waals surface area contributed by atoms with Crippen molar-refractivity contribution in [3.05, 3.63) is 64.1 Å². The number of ether oxygens (including phenoxy) is 1. The predicted octanol–water partition coefficient (Wildman–Crippen LogP) is 4.77. The highest BCUT2D eigenvalue weighted by molar-refractivity contribution is 7.17. The van der Waals surface area contributed by atoms with Crippen LogP contribution < -0.4 is 0 Å². The number of benzene rings is 1. The Bertz CT molecular complexity index is 1090. The van der Waals surface area contributed by atoms with E-state index in [4.69, 9.17) is 25.2 Å². The summed E-state index contributed by atoms with van der Waals surface area (Å²) in [6.07, 6.45) is 1.50. The number of hydrogen-bond acceptors (Lipinski definition) is 8. The van der Waals surface area contributed by atoms with Crippen molar-refractivity contribution >= 4 is 28.9 Å². The van der Waals surface area contributed by atoms with Gasteiger partial charge in [0.1, 0.15) is 9.88 Å². The van der Waals surface area contributed by atoms with E-state index in [1.165, 1.54) is 17.6 Å². The summed E-state index contributed by atoms with van der Waals surface area (Å²) in [7, 11) is 0. The van der Waals surface area contributed by atoms with Crippen molar-refractivity contribution in [3.8, 4) is 22.2 Å². The first kappa shape index (κ1) is 17.4. The molecule has 9 heteroatoms. The van der Waals surface area contributed by atoms with E-state index >= 15 is 0 Å². The van der Waals surface area contributed by atoms with E-state index in [1.807, 2.05) is 12.1 Å². The molecular formula is C18H12ClN3O4S. The van der Waals surface area contributed by atoms with Gasteiger partial charge in [-0.2, -0.15) is 0 Å². The maximum Gasteiger partial charge on any atom is 0.350 e. The van der Waals surface area contributed by atoms with Crippen LogP contribution >= 0.6 is 22.9 Å². The van der Waals surface area contributed by atoms with Gasteiger partial charge in [0.05, 0.1) is 12.0 Å². The highest BCUT2D eigenvalue weighted by atomic mass is 35.5. The molecule has 3 aromatic heterocycles. The minimum Gasteiger partial charge on any atom is -0.459 e. The molecule has 0 aliphatic rings. The van der Waals surface area contributed by atoms with Crippen molar-refractivity contribution in [2.75, 3.05) is 0 Å². The van der Waals surface area contributed by atoms with E-state index in [9.17, 15) is 4.79 Å². The summed E-state index contributed by atoms with van der Waals surface area (Å²) in [5.41, 5.74) is 1.43. The van der Waals surface area contributed by atoms with Gasteiger partial charge in [-0.05, 0) is 31.2 Å². The number of aryl methyl sites for hydroxylation is 1. The molecule has 4 rings (SSSR count). The average molecular weight is 402 g/mol. The molecule has 0 bridgehead atoms. The molecule has 0 amide bonds. The second-order valence-electron chi connectivity index (χ2n) is 5.50. The Morgan fingerprint density at radius 3 is 2.93 bits per heavy atom. The Kier molecular flexibility index (Phi) is 4.74. The number of thiazole rings is 1. The van der Waals surface area contributed by atoms with Gasteiger partial charge >= 0.3 is 5.97 Å². The van der Waals surface area contributed by atoms with Crippen LogP contribution in [0.5, 0.6) is 0 Å². The lowest BCUT2D eigenvalue weighted by atomic mass is 10.2. The zero-order valence-electron chi connectivity index (χ0n) is 14.0. The Hall–Kier alpha value is -2.97. The second-order valence-corrected chi connectivity index (χ2v) is 6.93. The number of nitrogens with zero attached hydrogens (tertiary/aromatic N) is 3. The first-order valence-corrected chi connectivity index (χ1v) is 9.06. The molecule has 0 fully saturated rings. The molecule has 0 aliphatic carbocycles. The fourth-order valence-corrected chi connectivity index (χ4v) is 3.48. The third-order valence-corrected chi connectivity index (χ3v) is 5.00. The van der Waals surface area contributed by atoms with Gasteiger partial charge in [0.15, 0.2) is 12.4 Å². The largest absolute Gasteiger partial charge is 0.459 e. The molecule has 4 aromatic rings. The molecule has 0 N–H and O–H groups in total. The molecule has 7 nitrogen and oxygen atoms in total. The first-order chi connectivity index (χ1) is 13.1. The predicted molar refractivity (Wildman–Crippen MR) is 98.4 cm³/mol. The quantitative estimate of drug-likeness (QED) is 0.444. The Balaban J connectivity index is 1.46. The van der Waals surface area contributed by atoms with Gasteiger partial charge < -0.3 is 13.6 Å². The monoisotopic (exact) mass is 401 g/mol. The van der Waals surface area contributed by atoms with E-state index in [-0.39, 0.29) is 18.4 Å². The molecule has 1 aromatic carbocycles. The molecule has 0 saturated carbocycles. The van der Waals surface area contributed by atoms with Crippen molar-refractivity contribution in [1.82, 2.24) is 15.2 Å². The van der Waals surface area contributed by atoms with Gasteiger partial charge in [-0.3, -0.25) is 0 Å². The summed E-state index contributed by atoms with van der Waals surface area (Å²) in [4.78, 5) is 17.2. The number of esters is 1. The van der Waals surface area contributed by atoms with Crippen molar-refractivity contribution in [2.45, 2.75) is 13.5 Å². The summed E-state index contributed by atoms with van der Waals surface area (Å²) in [6, 6.07) is 10.7. The van der Waals surface area contributed by atoms with E-state index in [0.29, 0.717) is 26.4 Å². The molecule has 0 unspecified atom stereocenters. The number of carbonyl (C=O) groups excluding carboxylic acids is 1. The number of hydrogen-bond donors (Lipinski definition) is 0. The maximum absolute atomic E-state index is 12.4. The number of aromatic nitrogens is 3. The van der Waals surface area contributed by atoms with E-state index in [2.05, 4.69) is 15.2 Å². The fourth-order valence-electron chi connectivity index (χ4n) is 2.34. The van der Waals surface area contributed by atoms with Gasteiger partial charge in [0.2, 0.25) is 0 Å². The molecule has 0 aliphatic heterocycles. The molecule has 27 heavy (non-hydrogen) atoms. The van der Waals surface area contributed by atoms with Crippen LogP contribution in [-0.2, 0) is 11.3 Å². The third kappa shape index (κ3) is 3.76. The van der Waals surface area contributed by atoms with Crippen LogP contribution in [0, 0.1) is 6.92 Å². The summed E-state index contributed by atoms with van der Waals surface area (Å²) in [6.45, 7) is 1.61. The fraction of sp³-hybridized carbons (Fsp3) is 0.111. The van der Waals surface area contributed by atoms with Crippen LogP contribution in [0.15, 0.2) is 51.5 Å². The highest BCUT2D eigenvalue weighted by Gasteiger charge is 2.19. The topological polar surface area (TPSA) is 91.2 Å². The molecular weight excluding hydrogens is 390 g/mol. The van der Waals surface area contributed by atoms with Crippen LogP contribution in [0.25, 0.3) is 22.2 Å². The summed E-state index contributed by atoms with van der Waals surface area (Å²) >= 11 is 7.26. The normalized spacial score (nSPS) is 10.9. The molecule has 0 spiro atoms. The van der Waals surface area contributed by atoms with Crippen LogP contribution in [0.3, 0.4) is 0 Å². The zero-order valence-corrected chi connectivity index (χ0v) is 15.6. The van der Waals surface area contributed by atoms with Crippen LogP contribution in [0.1, 0.15) is 21.3 Å². The standard InChI is InChI=1S/C18H12ClN3O4S/c1-10-15(27-17(20-10)11-4-2-5-12(19)8-11)18(23)25-9-14-21-22-16(26-14)13-6-3-7-24-13/h2-8H,9H2,1H3. The second kappa shape index (κ2) is 7.34. The van der Waals surface area contributed by atoms with Gasteiger partial charge in [0, 0.05) is 10.6 Å². The van der Waals surface area contributed by atoms with Crippen molar-refractivity contribution in [2.24, 2.45) is 0 Å². The van der Waals surface area contributed by atoms with Gasteiger partial charge in [-0.15, -0.1) is 21.5 Å². The number of halogens is 1. The SMILES string of the molecule is Cc1nc(-c2cccc(Cl)c2)sc1C(=O)OCc1nnc(-c2ccco2)o1. The zero-order chi connectivity index (χ0) is 18.8. The molecule has 3 heterocycles. The third-order valence-electron chi connectivity index (χ3n) is 3.58. The molecule has 0 radical (unpaired) electrons. The summed E-state index contributed by atoms with van der Waals surface area (Å²) in [5, 5.41) is 9.00. The maximum atomic E-state index is 12.4. The van der Waals surface area contributed by atoms with Crippen molar-refractivity contribution in [1.29, 1.82) is 0 Å². The molecule has 136 valence electrons. The lowest BCUT2D eigenvalue weighted by Crippen LogP contribution is -2.05. The minimum atomic E-state index is -0.504. The number of carbonyl (C=O) groups is 1. The van der Waals surface area contributed by atoms with Crippen molar-refractivity contribution < 1.29 is 18.4 Å². The van der Waals surface area contributed by atoms with Crippen LogP contribution in [0.2, 0.25) is 5.02 Å². The highest BCUT2D eigenvalue weighted by Crippen LogP contribution is 2.30. The first-order valence-electron chi connectivity index (χ1n) is 7.87. The minimum absolute atomic E-state index is 0.142. The Morgan fingerprint density at radius 1 is 1.26 bits per heavy atom. The lowest BCUT2D eigenvalue weighted by molar-refractivity contribution is 0.0443. The smallest absolute Gasteiger partial charge is 0.350 e. The van der Waals surface area contributed by atoms with Gasteiger partial charge in [-0.25, -0.2) is 9.78 Å². The van der Waals surface area contributed by atoms with Crippen molar-refractivity contribution in [3.63, 3.8) is 0 Å². The van der Waals surface area contributed by atoms with E-state index in [0.717, 1.165) is 5.56 Å². The molecule has 0 saturated heterocycles. The Labute approximate surface area is 162 Å². The molecule has 0 atom stereocenters. The van der Waals surface area contributed by atoms with E-state index < -0.39 is 5.97 Å². The summed E-state index contributed by atoms with van der Waals surface area (Å²) in [5.74, 6) is 0.343. The van der Waals surface area contributed by atoms with E-state index in [1.54, 1.807) is 31.2 Å². The number of rotatable bonds is 5. The number of furan rings is 1. The lowest BCUT2D eigenvalue weighted by Gasteiger charge is -1.99. The average Bonchev–Trinajstić information content (AvgIpc) is 3.40.